The summed E-state index contributed by atoms with van der Waals surface area (Å²) in [6, 6.07) is 118. The number of rotatable bonds is 31. The highest BCUT2D eigenvalue weighted by molar-refractivity contribution is 6.12. The molecule has 15 rings (SSSR count). The van der Waals surface area contributed by atoms with Crippen molar-refractivity contribution in [1.82, 2.24) is 4.48 Å². The molecule has 15 aromatic rings. The molecule has 0 aliphatic heterocycles. The monoisotopic (exact) mass is 1500 g/mol. The van der Waals surface area contributed by atoms with Gasteiger partial charge in [-0.25, -0.2) is 4.48 Å². The maximum atomic E-state index is 4.08. The Labute approximate surface area is 686 Å². The molecule has 0 aromatic heterocycles. The van der Waals surface area contributed by atoms with Gasteiger partial charge in [-0.15, -0.1) is 0 Å². The first-order valence-corrected chi connectivity index (χ1v) is 42.8. The first-order chi connectivity index (χ1) is 56.3. The first-order valence-electron chi connectivity index (χ1n) is 42.8. The van der Waals surface area contributed by atoms with Gasteiger partial charge in [-0.1, -0.05) is 298 Å². The van der Waals surface area contributed by atoms with Crippen molar-refractivity contribution < 1.29 is 0 Å². The molecule has 0 saturated heterocycles. The van der Waals surface area contributed by atoms with Crippen molar-refractivity contribution in [1.29, 1.82) is 0 Å². The van der Waals surface area contributed by atoms with Crippen LogP contribution in [0, 0.1) is 27.7 Å². The molecule has 1 atom stereocenters. The smallest absolute Gasteiger partial charge is 0.143 e. The van der Waals surface area contributed by atoms with Gasteiger partial charge in [0.05, 0.1) is 7.05 Å². The Kier molecular flexibility index (Phi) is 24.7. The predicted octanol–water partition coefficient (Wildman–Crippen LogP) is 33.2. The summed E-state index contributed by atoms with van der Waals surface area (Å²) in [5, 5.41) is 4.93. The van der Waals surface area contributed by atoms with Gasteiger partial charge in [0.2, 0.25) is 0 Å². The van der Waals surface area contributed by atoms with Crippen LogP contribution in [-0.2, 0) is 25.7 Å². The van der Waals surface area contributed by atoms with Crippen LogP contribution in [0.1, 0.15) is 155 Å². The van der Waals surface area contributed by atoms with Gasteiger partial charge in [0.25, 0.3) is 0 Å². The molecule has 0 heterocycles. The topological polar surface area (TPSA) is 3.24 Å². The van der Waals surface area contributed by atoms with Crippen molar-refractivity contribution in [3.8, 4) is 89.0 Å². The molecule has 0 radical (unpaired) electrons. The van der Waals surface area contributed by atoms with Crippen molar-refractivity contribution in [2.24, 2.45) is 0 Å². The summed E-state index contributed by atoms with van der Waals surface area (Å²) in [7, 11) is 2.38. The van der Waals surface area contributed by atoms with Crippen LogP contribution in [0.2, 0.25) is 0 Å². The van der Waals surface area contributed by atoms with E-state index in [1.54, 1.807) is 0 Å². The fraction of sp³-hybridized carbons (Fsp3) is 0.221. The molecule has 0 spiro atoms. The minimum atomic E-state index is 0.478. The molecule has 574 valence electrons. The number of quaternary nitrogens is 1. The minimum absolute atomic E-state index is 0.478. The number of benzene rings is 15. The predicted molar refractivity (Wildman–Crippen MR) is 502 cm³/mol. The number of aryl methyl sites for hydroxylation is 6. The number of anilines is 3. The molecule has 2 heteroatoms. The van der Waals surface area contributed by atoms with E-state index in [4.69, 9.17) is 0 Å². The van der Waals surface area contributed by atoms with E-state index in [1.165, 1.54) is 255 Å². The zero-order valence-corrected chi connectivity index (χ0v) is 69.4. The summed E-state index contributed by atoms with van der Waals surface area (Å²) in [6.45, 7) is 22.3. The lowest BCUT2D eigenvalue weighted by Crippen LogP contribution is -2.33. The maximum absolute atomic E-state index is 4.08. The van der Waals surface area contributed by atoms with Crippen LogP contribution >= 0.6 is 0 Å². The summed E-state index contributed by atoms with van der Waals surface area (Å²) >= 11 is 0. The van der Waals surface area contributed by atoms with E-state index in [9.17, 15) is 0 Å². The summed E-state index contributed by atoms with van der Waals surface area (Å²) in [4.78, 5) is 2.45. The quantitative estimate of drug-likeness (QED) is 0.0309. The number of nitrogens with zero attached hydrogens (tertiary/aromatic N) is 2. The molecule has 0 bridgehead atoms. The standard InChI is InChI=1S/C113H113N2/c1-11-16-18-20-22-24-30-83-39-46-93(47-40-83)106-72-66-102(75-86(106)14-4)114(100-62-54-90(55-63-100)88-43-36-79(6)37-44-88)101-64-56-95(57-65-101)110-77-98-32-26-28-34-108(98)112(81(110)8)113-82(9)111(78-99-33-27-29-35-109(99)113)96-60-69-104(70-61-96)115(10,103-67-58-91(59-68-103)89-50-52-92(53-51-89)97-45-38-80(7)85(13-3)74-97)105-71-73-107(87(15-5)76-105)94-48-41-84(42-49-94)31-25-23-21-19-17-12-2/h13,26-29,32-78H,3,11-12,14-25,30-31H2,1-2,4-10H3/q+1. The van der Waals surface area contributed by atoms with E-state index in [0.29, 0.717) is 4.48 Å². The van der Waals surface area contributed by atoms with Gasteiger partial charge >= 0.3 is 0 Å². The Morgan fingerprint density at radius 2 is 0.661 bits per heavy atom. The lowest BCUT2D eigenvalue weighted by molar-refractivity contribution is 0.607. The van der Waals surface area contributed by atoms with Crippen molar-refractivity contribution in [3.63, 3.8) is 0 Å². The van der Waals surface area contributed by atoms with E-state index in [-0.39, 0.29) is 0 Å². The first kappa shape index (κ1) is 78.6. The van der Waals surface area contributed by atoms with E-state index >= 15 is 0 Å². The van der Waals surface area contributed by atoms with Gasteiger partial charge in [0.15, 0.2) is 0 Å². The summed E-state index contributed by atoms with van der Waals surface area (Å²) in [5.41, 5.74) is 38.4. The molecule has 2 nitrogen and oxygen atoms in total. The van der Waals surface area contributed by atoms with E-state index in [1.807, 2.05) is 6.08 Å². The average molecular weight is 1500 g/mol. The third-order valence-corrected chi connectivity index (χ3v) is 24.8. The molecule has 0 saturated carbocycles. The molecule has 0 aliphatic carbocycles. The highest BCUT2D eigenvalue weighted by Crippen LogP contribution is 2.50. The zero-order valence-electron chi connectivity index (χ0n) is 69.4. The normalized spacial score (nSPS) is 12.0. The van der Waals surface area contributed by atoms with E-state index in [2.05, 4.69) is 383 Å². The second-order valence-electron chi connectivity index (χ2n) is 32.4. The molecule has 1 unspecified atom stereocenters. The number of hydrogen-bond acceptors (Lipinski definition) is 1. The molecule has 0 N–H and O–H groups in total. The minimum Gasteiger partial charge on any atom is -0.310 e. The highest BCUT2D eigenvalue weighted by atomic mass is 15.3. The summed E-state index contributed by atoms with van der Waals surface area (Å²) in [5.74, 6) is 0. The Morgan fingerprint density at radius 3 is 1.13 bits per heavy atom. The zero-order chi connectivity index (χ0) is 79.4. The molecular formula is C113H113N2+. The van der Waals surface area contributed by atoms with Gasteiger partial charge in [0, 0.05) is 53.5 Å². The second kappa shape index (κ2) is 36.2. The van der Waals surface area contributed by atoms with E-state index < -0.39 is 0 Å². The highest BCUT2D eigenvalue weighted by Gasteiger charge is 2.33. The van der Waals surface area contributed by atoms with Crippen LogP contribution < -0.4 is 9.38 Å². The third kappa shape index (κ3) is 17.1. The maximum Gasteiger partial charge on any atom is 0.143 e. The van der Waals surface area contributed by atoms with Gasteiger partial charge in [0.1, 0.15) is 17.1 Å². The van der Waals surface area contributed by atoms with Crippen LogP contribution in [0.3, 0.4) is 0 Å². The number of unbranched alkanes of at least 4 members (excludes halogenated alkanes) is 10. The Bertz CT molecular complexity index is 5840. The lowest BCUT2D eigenvalue weighted by atomic mass is 9.82. The van der Waals surface area contributed by atoms with Crippen LogP contribution in [0.5, 0.6) is 0 Å². The van der Waals surface area contributed by atoms with Gasteiger partial charge < -0.3 is 4.90 Å². The summed E-state index contributed by atoms with van der Waals surface area (Å²) < 4.78 is 0.478. The van der Waals surface area contributed by atoms with E-state index in [0.717, 1.165) is 42.7 Å². The Balaban J connectivity index is 0.778. The molecule has 0 fully saturated rings. The average Bonchev–Trinajstić information content (AvgIpc) is 0.736. The molecule has 115 heavy (non-hydrogen) atoms. The van der Waals surface area contributed by atoms with Crippen LogP contribution in [0.25, 0.3) is 117 Å². The van der Waals surface area contributed by atoms with Crippen LogP contribution in [0.15, 0.2) is 316 Å². The fourth-order valence-electron chi connectivity index (χ4n) is 17.8. The number of fused-ring (bicyclic) bond motifs is 2. The van der Waals surface area contributed by atoms with Gasteiger partial charge in [-0.05, 0) is 306 Å². The fourth-order valence-corrected chi connectivity index (χ4v) is 17.8. The SMILES string of the molecule is C=Cc1cc(-c2ccc(-c3ccc([N+](C)(c4ccc(-c5cc6ccccc6c(-c6c(C)c(-c7ccc(N(c8ccc(-c9ccc(C)cc9)cc8)c8ccc(-c9ccc(CCCCCCCC)cc9)c(CC)c8)cc7)cc7ccccc67)c5C)cc4)c4ccc(-c5ccc(CCCCCCCC)cc5)c(CC)c4)cc3)cc2)ccc1C. The molecular weight excluding hydrogens is 1390 g/mol. The largest absolute Gasteiger partial charge is 0.310 e. The Hall–Kier alpha value is -11.7. The van der Waals surface area contributed by atoms with Crippen molar-refractivity contribution in [2.45, 2.75) is 158 Å². The third-order valence-electron chi connectivity index (χ3n) is 24.8. The van der Waals surface area contributed by atoms with Gasteiger partial charge in [-0.3, -0.25) is 0 Å². The van der Waals surface area contributed by atoms with Crippen molar-refractivity contribution in [2.75, 3.05) is 11.9 Å². The Morgan fingerprint density at radius 1 is 0.304 bits per heavy atom. The summed E-state index contributed by atoms with van der Waals surface area (Å²) in [6.07, 6.45) is 21.8. The van der Waals surface area contributed by atoms with Gasteiger partial charge in [-0.2, -0.15) is 0 Å². The van der Waals surface area contributed by atoms with Crippen LogP contribution in [-0.4, -0.2) is 7.05 Å². The molecule has 15 aromatic carbocycles. The van der Waals surface area contributed by atoms with Crippen LogP contribution in [0.4, 0.5) is 34.1 Å². The lowest BCUT2D eigenvalue weighted by Gasteiger charge is -2.34. The molecule has 0 aliphatic rings. The van der Waals surface area contributed by atoms with Crippen molar-refractivity contribution >= 4 is 61.7 Å². The molecule has 0 amide bonds. The van der Waals surface area contributed by atoms with Crippen molar-refractivity contribution in [3.05, 3.63) is 366 Å². The second-order valence-corrected chi connectivity index (χ2v) is 32.4. The number of hydrogen-bond donors (Lipinski definition) is 0.